The van der Waals surface area contributed by atoms with Gasteiger partial charge in [-0.25, -0.2) is 15.0 Å². The van der Waals surface area contributed by atoms with Gasteiger partial charge in [0.25, 0.3) is 5.91 Å². The van der Waals surface area contributed by atoms with Crippen LogP contribution < -0.4 is 16.4 Å². The molecule has 0 fully saturated rings. The highest BCUT2D eigenvalue weighted by atomic mass is 16.2. The second kappa shape index (κ2) is 12.0. The number of carbonyl (C=O) groups is 3. The summed E-state index contributed by atoms with van der Waals surface area (Å²) in [5.41, 5.74) is 11.6. The molecule has 0 aliphatic rings. The number of imidazole rings is 1. The summed E-state index contributed by atoms with van der Waals surface area (Å²) in [4.78, 5) is 50.5. The highest BCUT2D eigenvalue weighted by Gasteiger charge is 2.18. The fraction of sp³-hybridized carbons (Fsp3) is 0.0938. The van der Waals surface area contributed by atoms with Crippen LogP contribution in [0.5, 0.6) is 0 Å². The molecule has 0 aliphatic heterocycles. The zero-order valence-corrected chi connectivity index (χ0v) is 23.6. The van der Waals surface area contributed by atoms with E-state index in [4.69, 9.17) is 10.7 Å². The number of anilines is 2. The van der Waals surface area contributed by atoms with E-state index in [1.54, 1.807) is 43.8 Å². The topological polar surface area (TPSA) is 163 Å². The van der Waals surface area contributed by atoms with Crippen LogP contribution in [0.25, 0.3) is 28.2 Å². The monoisotopic (exact) mass is 585 g/mol. The molecule has 4 heterocycles. The summed E-state index contributed by atoms with van der Waals surface area (Å²) in [5.74, 6) is 0.382. The van der Waals surface area contributed by atoms with E-state index in [0.717, 1.165) is 16.8 Å². The summed E-state index contributed by atoms with van der Waals surface area (Å²) in [7, 11) is 1.70. The van der Waals surface area contributed by atoms with Crippen molar-refractivity contribution in [3.63, 3.8) is 0 Å². The summed E-state index contributed by atoms with van der Waals surface area (Å²) < 4.78 is 3.44. The first-order valence-electron chi connectivity index (χ1n) is 13.7. The smallest absolute Gasteiger partial charge is 0.258 e. The molecule has 0 spiro atoms. The first-order valence-corrected chi connectivity index (χ1v) is 13.7. The van der Waals surface area contributed by atoms with Crippen LogP contribution in [0.1, 0.15) is 31.8 Å². The fourth-order valence-electron chi connectivity index (χ4n) is 4.81. The Balaban J connectivity index is 1.15. The van der Waals surface area contributed by atoms with Gasteiger partial charge in [-0.1, -0.05) is 18.2 Å². The van der Waals surface area contributed by atoms with Crippen molar-refractivity contribution in [2.75, 3.05) is 11.1 Å². The van der Waals surface area contributed by atoms with E-state index < -0.39 is 5.91 Å². The number of aryl methyl sites for hydroxylation is 1. The number of benzene rings is 2. The predicted molar refractivity (Wildman–Crippen MR) is 165 cm³/mol. The second-order valence-corrected chi connectivity index (χ2v) is 10.1. The van der Waals surface area contributed by atoms with Crippen LogP contribution in [0.2, 0.25) is 0 Å². The third kappa shape index (κ3) is 5.77. The largest absolute Gasteiger partial charge is 0.383 e. The minimum atomic E-state index is -0.401. The highest BCUT2D eigenvalue weighted by molar-refractivity contribution is 6.06. The van der Waals surface area contributed by atoms with Crippen molar-refractivity contribution in [3.8, 4) is 17.1 Å². The second-order valence-electron chi connectivity index (χ2n) is 10.1. The Labute approximate surface area is 251 Å². The van der Waals surface area contributed by atoms with Crippen LogP contribution in [0.4, 0.5) is 11.5 Å². The molecule has 0 saturated heterocycles. The zero-order valence-electron chi connectivity index (χ0n) is 23.6. The Morgan fingerprint density at radius 1 is 0.977 bits per heavy atom. The van der Waals surface area contributed by atoms with Crippen molar-refractivity contribution in [3.05, 3.63) is 114 Å². The zero-order chi connectivity index (χ0) is 30.6. The maximum absolute atomic E-state index is 12.8. The molecule has 6 aromatic rings. The number of nitrogens with zero attached hydrogens (tertiary/aromatic N) is 6. The lowest BCUT2D eigenvalue weighted by molar-refractivity contribution is -0.120. The van der Waals surface area contributed by atoms with E-state index >= 15 is 0 Å². The lowest BCUT2D eigenvalue weighted by Crippen LogP contribution is -2.24. The van der Waals surface area contributed by atoms with Crippen LogP contribution >= 0.6 is 0 Å². The first kappa shape index (κ1) is 28.0. The van der Waals surface area contributed by atoms with Gasteiger partial charge in [-0.05, 0) is 59.7 Å². The van der Waals surface area contributed by atoms with Gasteiger partial charge in [0.05, 0.1) is 29.4 Å². The molecule has 2 aromatic carbocycles. The van der Waals surface area contributed by atoms with Crippen LogP contribution in [-0.2, 0) is 24.8 Å². The van der Waals surface area contributed by atoms with Gasteiger partial charge in [-0.2, -0.15) is 5.10 Å². The van der Waals surface area contributed by atoms with Crippen molar-refractivity contribution < 1.29 is 14.4 Å². The number of nitrogens with one attached hydrogen (secondary N) is 2. The number of hydrogen-bond donors (Lipinski definition) is 3. The number of carbonyl (C=O) groups excluding carboxylic acids is 3. The van der Waals surface area contributed by atoms with Crippen molar-refractivity contribution in [1.29, 1.82) is 0 Å². The van der Waals surface area contributed by atoms with Crippen LogP contribution in [0.3, 0.4) is 0 Å². The number of hydrogen-bond acceptors (Lipinski definition) is 8. The predicted octanol–water partition coefficient (Wildman–Crippen LogP) is 3.72. The van der Waals surface area contributed by atoms with Gasteiger partial charge < -0.3 is 16.4 Å². The minimum Gasteiger partial charge on any atom is -0.383 e. The third-order valence-corrected chi connectivity index (χ3v) is 7.00. The molecule has 0 radical (unpaired) electrons. The molecule has 4 N–H and O–H groups in total. The molecule has 0 saturated carbocycles. The molecule has 12 heteroatoms. The molecule has 0 aliphatic carbocycles. The molecule has 0 bridgehead atoms. The van der Waals surface area contributed by atoms with E-state index in [1.807, 2.05) is 53.1 Å². The Morgan fingerprint density at radius 2 is 1.75 bits per heavy atom. The third-order valence-electron chi connectivity index (χ3n) is 7.00. The Kier molecular flexibility index (Phi) is 7.61. The average molecular weight is 586 g/mol. The number of aldehydes is 1. The maximum Gasteiger partial charge on any atom is 0.258 e. The Bertz CT molecular complexity index is 2010. The number of nitrogen functional groups attached to an aromatic ring is 1. The highest BCUT2D eigenvalue weighted by Crippen LogP contribution is 2.30. The minimum absolute atomic E-state index is 0.0651. The first-order chi connectivity index (χ1) is 21.4. The van der Waals surface area contributed by atoms with E-state index in [-0.39, 0.29) is 12.3 Å². The number of amides is 2. The van der Waals surface area contributed by atoms with Crippen LogP contribution in [0, 0.1) is 0 Å². The molecular weight excluding hydrogens is 558 g/mol. The van der Waals surface area contributed by atoms with Crippen molar-refractivity contribution in [1.82, 2.24) is 34.6 Å². The van der Waals surface area contributed by atoms with Crippen LogP contribution in [0.15, 0.2) is 91.5 Å². The number of pyridine rings is 2. The maximum atomic E-state index is 12.8. The molecule has 218 valence electrons. The van der Waals surface area contributed by atoms with E-state index in [0.29, 0.717) is 58.1 Å². The summed E-state index contributed by atoms with van der Waals surface area (Å²) in [6.07, 6.45) is 7.08. The average Bonchev–Trinajstić information content (AvgIpc) is 3.64. The number of aromatic nitrogens is 6. The lowest BCUT2D eigenvalue weighted by atomic mass is 10.1. The lowest BCUT2D eigenvalue weighted by Gasteiger charge is -2.12. The van der Waals surface area contributed by atoms with Gasteiger partial charge in [0.1, 0.15) is 11.3 Å². The molecule has 6 rings (SSSR count). The Morgan fingerprint density at radius 3 is 2.50 bits per heavy atom. The molecule has 44 heavy (non-hydrogen) atoms. The van der Waals surface area contributed by atoms with Gasteiger partial charge in [-0.15, -0.1) is 0 Å². The molecule has 2 amide bonds. The van der Waals surface area contributed by atoms with Crippen molar-refractivity contribution in [2.24, 2.45) is 7.05 Å². The van der Waals surface area contributed by atoms with Gasteiger partial charge in [-0.3, -0.25) is 23.6 Å². The van der Waals surface area contributed by atoms with E-state index in [2.05, 4.69) is 25.7 Å². The molecule has 4 aromatic heterocycles. The fourth-order valence-corrected chi connectivity index (χ4v) is 4.81. The van der Waals surface area contributed by atoms with Gasteiger partial charge in [0.2, 0.25) is 5.91 Å². The summed E-state index contributed by atoms with van der Waals surface area (Å²) in [6.45, 7) is 0.307. The van der Waals surface area contributed by atoms with Gasteiger partial charge in [0.15, 0.2) is 17.8 Å². The molecule has 12 nitrogen and oxygen atoms in total. The number of nitrogens with two attached hydrogens (primary N) is 1. The summed E-state index contributed by atoms with van der Waals surface area (Å²) >= 11 is 0. The van der Waals surface area contributed by atoms with Crippen molar-refractivity contribution in [2.45, 2.75) is 13.0 Å². The molecule has 0 unspecified atom stereocenters. The SMILES string of the molecule is Cn1cc(C(=O)Nc2cc(CC(=O)NCc3ccc(-n4c(-c5cccnc5N)nc5cccnc54)cc3)ccc2C=O)cn1. The summed E-state index contributed by atoms with van der Waals surface area (Å²) in [6, 6.07) is 20.0. The quantitative estimate of drug-likeness (QED) is 0.216. The normalized spacial score (nSPS) is 10.9. The van der Waals surface area contributed by atoms with Crippen LogP contribution in [-0.4, -0.2) is 47.4 Å². The molecular formula is C32H27N9O3. The number of fused-ring (bicyclic) bond motifs is 1. The van der Waals surface area contributed by atoms with E-state index in [1.165, 1.54) is 10.9 Å². The Hall–Kier alpha value is -6.17. The molecule has 0 atom stereocenters. The summed E-state index contributed by atoms with van der Waals surface area (Å²) in [5, 5.41) is 9.65. The standard InChI is InChI=1S/C32H27N9O3/c1-40-18-23(17-37-40)32(44)39-27-14-21(6-9-22(27)19-42)15-28(43)36-16-20-7-10-24(11-8-20)41-30(25-4-2-12-34-29(25)33)38-26-5-3-13-35-31(26)41/h2-14,17-19H,15-16H2,1H3,(H2,33,34)(H,36,43)(H,39,44). The van der Waals surface area contributed by atoms with Gasteiger partial charge in [0, 0.05) is 43.4 Å². The van der Waals surface area contributed by atoms with Gasteiger partial charge >= 0.3 is 0 Å². The van der Waals surface area contributed by atoms with E-state index in [9.17, 15) is 14.4 Å². The number of rotatable bonds is 9. The van der Waals surface area contributed by atoms with Crippen molar-refractivity contribution >= 4 is 40.8 Å².